The van der Waals surface area contributed by atoms with Gasteiger partial charge in [-0.05, 0) is 25.5 Å². The fraction of sp³-hybridized carbons (Fsp3) is 0.500. The van der Waals surface area contributed by atoms with Crippen LogP contribution >= 0.6 is 0 Å². The number of hydrogen-bond acceptors (Lipinski definition) is 4. The van der Waals surface area contributed by atoms with Crippen LogP contribution in [-0.2, 0) is 9.59 Å². The monoisotopic (exact) mass is 307 g/mol. The minimum atomic E-state index is -0.354. The molecule has 122 valence electrons. The number of ether oxygens (including phenoxy) is 1. The Labute approximate surface area is 131 Å². The minimum absolute atomic E-state index is 0.0432. The second-order valence-corrected chi connectivity index (χ2v) is 5.11. The second-order valence-electron chi connectivity index (χ2n) is 5.11. The lowest BCUT2D eigenvalue weighted by Crippen LogP contribution is -2.37. The number of amides is 2. The van der Waals surface area contributed by atoms with Gasteiger partial charge in [-0.15, -0.1) is 0 Å². The van der Waals surface area contributed by atoms with Gasteiger partial charge in [0.05, 0.1) is 12.8 Å². The molecule has 22 heavy (non-hydrogen) atoms. The van der Waals surface area contributed by atoms with E-state index in [0.29, 0.717) is 18.0 Å². The Kier molecular flexibility index (Phi) is 7.22. The highest BCUT2D eigenvalue weighted by atomic mass is 16.5. The lowest BCUT2D eigenvalue weighted by Gasteiger charge is -2.17. The number of nitrogens with one attached hydrogen (secondary N) is 3. The van der Waals surface area contributed by atoms with Gasteiger partial charge < -0.3 is 20.7 Å². The lowest BCUT2D eigenvalue weighted by atomic mass is 10.2. The van der Waals surface area contributed by atoms with E-state index in [1.54, 1.807) is 25.1 Å². The van der Waals surface area contributed by atoms with Gasteiger partial charge in [0.15, 0.2) is 0 Å². The zero-order chi connectivity index (χ0) is 16.5. The first-order valence-electron chi connectivity index (χ1n) is 7.47. The first-order valence-corrected chi connectivity index (χ1v) is 7.47. The number of anilines is 2. The highest BCUT2D eigenvalue weighted by Crippen LogP contribution is 2.28. The third-order valence-electron chi connectivity index (χ3n) is 3.12. The zero-order valence-corrected chi connectivity index (χ0v) is 13.7. The van der Waals surface area contributed by atoms with Gasteiger partial charge in [0.1, 0.15) is 11.8 Å². The quantitative estimate of drug-likeness (QED) is 0.644. The van der Waals surface area contributed by atoms with Gasteiger partial charge in [-0.3, -0.25) is 9.59 Å². The summed E-state index contributed by atoms with van der Waals surface area (Å²) in [7, 11) is 1.53. The smallest absolute Gasteiger partial charge is 0.242 e. The van der Waals surface area contributed by atoms with E-state index in [1.807, 2.05) is 0 Å². The van der Waals surface area contributed by atoms with Crippen molar-refractivity contribution in [2.24, 2.45) is 0 Å². The molecule has 1 rings (SSSR count). The fourth-order valence-electron chi connectivity index (χ4n) is 1.93. The molecule has 6 heteroatoms. The molecule has 0 fully saturated rings. The maximum absolute atomic E-state index is 11.9. The molecule has 0 aliphatic carbocycles. The number of hydrogen-bond donors (Lipinski definition) is 3. The topological polar surface area (TPSA) is 79.5 Å². The van der Waals surface area contributed by atoms with Crippen LogP contribution in [0.2, 0.25) is 0 Å². The van der Waals surface area contributed by atoms with E-state index in [1.165, 1.54) is 14.0 Å². The molecule has 0 aromatic heterocycles. The van der Waals surface area contributed by atoms with E-state index < -0.39 is 0 Å². The third kappa shape index (κ3) is 5.63. The standard InChI is InChI=1S/C16H25N3O3/c1-5-6-9-17-16(21)11(2)18-13-7-8-14(19-12(3)20)15(10-13)22-4/h7-8,10-11,18H,5-6,9H2,1-4H3,(H,17,21)(H,19,20)/t11-/m0/s1. The van der Waals surface area contributed by atoms with Crippen LogP contribution in [0.5, 0.6) is 5.75 Å². The van der Waals surface area contributed by atoms with Crippen molar-refractivity contribution in [2.75, 3.05) is 24.3 Å². The van der Waals surface area contributed by atoms with Crippen molar-refractivity contribution in [3.8, 4) is 5.75 Å². The van der Waals surface area contributed by atoms with Crippen molar-refractivity contribution in [1.29, 1.82) is 0 Å². The summed E-state index contributed by atoms with van der Waals surface area (Å²) < 4.78 is 5.25. The van der Waals surface area contributed by atoms with E-state index in [9.17, 15) is 9.59 Å². The van der Waals surface area contributed by atoms with E-state index in [4.69, 9.17) is 4.74 Å². The molecular weight excluding hydrogens is 282 g/mol. The van der Waals surface area contributed by atoms with Crippen LogP contribution in [0.25, 0.3) is 0 Å². The van der Waals surface area contributed by atoms with Crippen LogP contribution in [0.15, 0.2) is 18.2 Å². The van der Waals surface area contributed by atoms with Crippen molar-refractivity contribution in [3.63, 3.8) is 0 Å². The number of carbonyl (C=O) groups excluding carboxylic acids is 2. The van der Waals surface area contributed by atoms with Crippen LogP contribution < -0.4 is 20.7 Å². The fourth-order valence-corrected chi connectivity index (χ4v) is 1.93. The van der Waals surface area contributed by atoms with Gasteiger partial charge in [0.25, 0.3) is 0 Å². The third-order valence-corrected chi connectivity index (χ3v) is 3.12. The molecule has 1 aromatic rings. The number of rotatable bonds is 8. The molecule has 0 aliphatic rings. The molecule has 0 radical (unpaired) electrons. The van der Waals surface area contributed by atoms with Gasteiger partial charge in [0, 0.05) is 25.2 Å². The Balaban J connectivity index is 2.69. The molecule has 1 aromatic carbocycles. The Morgan fingerprint density at radius 1 is 1.32 bits per heavy atom. The summed E-state index contributed by atoms with van der Waals surface area (Å²) in [6.07, 6.45) is 2.02. The molecule has 2 amide bonds. The van der Waals surface area contributed by atoms with Crippen molar-refractivity contribution in [1.82, 2.24) is 5.32 Å². The number of benzene rings is 1. The summed E-state index contributed by atoms with van der Waals surface area (Å²) in [6.45, 7) is 6.01. The molecule has 0 saturated carbocycles. The maximum atomic E-state index is 11.9. The molecule has 3 N–H and O–H groups in total. The predicted molar refractivity (Wildman–Crippen MR) is 88.3 cm³/mol. The number of unbranched alkanes of at least 4 members (excludes halogenated alkanes) is 1. The van der Waals surface area contributed by atoms with Crippen molar-refractivity contribution >= 4 is 23.2 Å². The van der Waals surface area contributed by atoms with Crippen molar-refractivity contribution < 1.29 is 14.3 Å². The average Bonchev–Trinajstić information content (AvgIpc) is 2.48. The SMILES string of the molecule is CCCCNC(=O)[C@H](C)Nc1ccc(NC(C)=O)c(OC)c1. The van der Waals surface area contributed by atoms with Crippen molar-refractivity contribution in [3.05, 3.63) is 18.2 Å². The maximum Gasteiger partial charge on any atom is 0.242 e. The van der Waals surface area contributed by atoms with Gasteiger partial charge >= 0.3 is 0 Å². The molecule has 0 aliphatic heterocycles. The van der Waals surface area contributed by atoms with Crippen molar-refractivity contribution in [2.45, 2.75) is 39.7 Å². The minimum Gasteiger partial charge on any atom is -0.494 e. The number of carbonyl (C=O) groups is 2. The Hall–Kier alpha value is -2.24. The van der Waals surface area contributed by atoms with Crippen LogP contribution in [-0.4, -0.2) is 31.5 Å². The van der Waals surface area contributed by atoms with E-state index in [2.05, 4.69) is 22.9 Å². The first-order chi connectivity index (χ1) is 10.5. The Morgan fingerprint density at radius 2 is 2.05 bits per heavy atom. The van der Waals surface area contributed by atoms with Crippen LogP contribution in [0.4, 0.5) is 11.4 Å². The predicted octanol–water partition coefficient (Wildman–Crippen LogP) is 2.37. The van der Waals surface area contributed by atoms with Crippen LogP contribution in [0.3, 0.4) is 0 Å². The van der Waals surface area contributed by atoms with E-state index in [-0.39, 0.29) is 17.9 Å². The Morgan fingerprint density at radius 3 is 2.64 bits per heavy atom. The summed E-state index contributed by atoms with van der Waals surface area (Å²) in [5.74, 6) is 0.333. The lowest BCUT2D eigenvalue weighted by molar-refractivity contribution is -0.121. The molecule has 0 heterocycles. The van der Waals surface area contributed by atoms with E-state index >= 15 is 0 Å². The normalized spacial score (nSPS) is 11.5. The number of methoxy groups -OCH3 is 1. The second kappa shape index (κ2) is 8.92. The summed E-state index contributed by atoms with van der Waals surface area (Å²) in [5.41, 5.74) is 1.35. The van der Waals surface area contributed by atoms with Crippen LogP contribution in [0, 0.1) is 0 Å². The summed E-state index contributed by atoms with van der Waals surface area (Å²) in [6, 6.07) is 4.93. The van der Waals surface area contributed by atoms with Crippen LogP contribution in [0.1, 0.15) is 33.6 Å². The van der Waals surface area contributed by atoms with E-state index in [0.717, 1.165) is 18.5 Å². The van der Waals surface area contributed by atoms with Gasteiger partial charge in [0.2, 0.25) is 11.8 Å². The zero-order valence-electron chi connectivity index (χ0n) is 13.7. The van der Waals surface area contributed by atoms with Gasteiger partial charge in [-0.2, -0.15) is 0 Å². The molecule has 0 saturated heterocycles. The molecule has 0 unspecified atom stereocenters. The highest BCUT2D eigenvalue weighted by Gasteiger charge is 2.13. The largest absolute Gasteiger partial charge is 0.494 e. The Bertz CT molecular complexity index is 517. The van der Waals surface area contributed by atoms with Gasteiger partial charge in [-0.25, -0.2) is 0 Å². The average molecular weight is 307 g/mol. The highest BCUT2D eigenvalue weighted by molar-refractivity contribution is 5.91. The molecule has 0 spiro atoms. The van der Waals surface area contributed by atoms with Gasteiger partial charge in [-0.1, -0.05) is 13.3 Å². The summed E-state index contributed by atoms with van der Waals surface area (Å²) >= 11 is 0. The first kappa shape index (κ1) is 17.8. The molecule has 1 atom stereocenters. The summed E-state index contributed by atoms with van der Waals surface area (Å²) in [5, 5.41) is 8.69. The molecule has 6 nitrogen and oxygen atoms in total. The summed E-state index contributed by atoms with van der Waals surface area (Å²) in [4.78, 5) is 23.1. The molecular formula is C16H25N3O3. The molecule has 0 bridgehead atoms.